The molecule has 0 atom stereocenters. The highest BCUT2D eigenvalue weighted by atomic mass is 32.2. The van der Waals surface area contributed by atoms with Gasteiger partial charge < -0.3 is 53.0 Å². The van der Waals surface area contributed by atoms with Crippen molar-refractivity contribution >= 4 is 55.7 Å². The number of rotatable bonds is 12. The van der Waals surface area contributed by atoms with E-state index in [1.165, 1.54) is 9.66 Å². The second-order valence-corrected chi connectivity index (χ2v) is 27.8. The number of hydrogen-bond acceptors (Lipinski definition) is 16. The Labute approximate surface area is 554 Å². The Hall–Kier alpha value is -9.93. The largest absolute Gasteiger partial charge is 0.489 e. The van der Waals surface area contributed by atoms with Gasteiger partial charge in [-0.05, 0) is 160 Å². The molecule has 8 heterocycles. The molecule has 4 aromatic heterocycles. The SMILES string of the molecule is CC(C)(C)OC(=O)N1CCC(Oc2ccc(-c3ccnc4[nH]c(-c5ccc(N6CCOCC6)cc5)cc34)cc2C#N)CC1.CC(C)(C)OC(=O)N1CCC(Oc2ccc(-c3ccnc4c3cc(-c3ccc(N5CCOCC5)cc3)n4S(=O)(=O)c3ccccc3)cc2C#N)CC1. The predicted octanol–water partition coefficient (Wildman–Crippen LogP) is 13.5. The Morgan fingerprint density at radius 3 is 1.46 bits per heavy atom. The van der Waals surface area contributed by atoms with Gasteiger partial charge in [-0.25, -0.2) is 31.9 Å². The van der Waals surface area contributed by atoms with E-state index in [1.807, 2.05) is 108 Å². The zero-order valence-corrected chi connectivity index (χ0v) is 55.2. The molecule has 0 radical (unpaired) electrons. The Morgan fingerprint density at radius 1 is 0.537 bits per heavy atom. The van der Waals surface area contributed by atoms with Crippen molar-refractivity contribution in [1.29, 1.82) is 10.5 Å². The molecule has 9 aromatic rings. The molecule has 5 aromatic carbocycles. The number of nitrogens with one attached hydrogen (secondary N) is 1. The summed E-state index contributed by atoms with van der Waals surface area (Å²) in [5.41, 5.74) is 9.69. The number of likely N-dealkylation sites (tertiary alicyclic amines) is 2. The smallest absolute Gasteiger partial charge is 0.410 e. The Balaban J connectivity index is 0.000000185. The lowest BCUT2D eigenvalue weighted by atomic mass is 10.0. The molecule has 13 rings (SSSR count). The molecule has 0 bridgehead atoms. The second-order valence-electron chi connectivity index (χ2n) is 26.0. The van der Waals surface area contributed by atoms with Crippen molar-refractivity contribution in [3.05, 3.63) is 163 Å². The standard InChI is InChI=1S/C40H41N5O6S.C34H37N5O4/c1-40(2,3)51-39(46)44-19-16-32(17-20-44)50-37-14-11-29(25-30(37)27-41)34-15-18-42-38-35(34)26-36(45(38)52(47,48)33-7-5-4-6-8-33)28-9-12-31(13-10-28)43-21-23-49-24-22-43;1-34(2,3)43-33(40)39-14-11-27(12-15-39)42-31-9-6-24(20-25(31)22-35)28-10-13-36-32-29(28)21-30(37-32)23-4-7-26(8-5-23)38-16-18-41-19-17-38/h4-15,18,25-26,32H,16-17,19-24H2,1-3H3;4-10,13,20-21,27H,11-12,14-19H2,1-3H3,(H,36,37). The molecule has 0 aliphatic carbocycles. The number of nitrogens with zero attached hydrogens (tertiary/aromatic N) is 9. The number of aromatic amines is 1. The fourth-order valence-electron chi connectivity index (χ4n) is 12.3. The summed E-state index contributed by atoms with van der Waals surface area (Å²) in [5, 5.41) is 21.8. The molecule has 0 saturated carbocycles. The minimum absolute atomic E-state index is 0.0777. The number of aromatic nitrogens is 4. The summed E-state index contributed by atoms with van der Waals surface area (Å²) in [7, 11) is -4.06. The number of ether oxygens (including phenoxy) is 6. The summed E-state index contributed by atoms with van der Waals surface area (Å²) in [6.45, 7) is 19.5. The summed E-state index contributed by atoms with van der Waals surface area (Å²) >= 11 is 0. The Kier molecular flexibility index (Phi) is 19.2. The van der Waals surface area contributed by atoms with Gasteiger partial charge in [-0.3, -0.25) is 0 Å². The van der Waals surface area contributed by atoms with E-state index in [0.29, 0.717) is 98.8 Å². The van der Waals surface area contributed by atoms with Crippen LogP contribution in [0, 0.1) is 22.7 Å². The number of hydrogen-bond donors (Lipinski definition) is 1. The minimum atomic E-state index is -4.06. The van der Waals surface area contributed by atoms with Gasteiger partial charge in [0.2, 0.25) is 0 Å². The monoisotopic (exact) mass is 1300 g/mol. The molecular weight excluding hydrogens is 1220 g/mol. The van der Waals surface area contributed by atoms with Crippen LogP contribution in [0.2, 0.25) is 0 Å². The van der Waals surface area contributed by atoms with Gasteiger partial charge in [-0.1, -0.05) is 54.6 Å². The molecule has 20 nitrogen and oxygen atoms in total. The maximum Gasteiger partial charge on any atom is 0.410 e. The Morgan fingerprint density at radius 2 is 0.989 bits per heavy atom. The van der Waals surface area contributed by atoms with E-state index in [1.54, 1.807) is 64.7 Å². The second kappa shape index (κ2) is 28.0. The van der Waals surface area contributed by atoms with Gasteiger partial charge in [0.05, 0.1) is 48.1 Å². The van der Waals surface area contributed by atoms with Gasteiger partial charge in [-0.2, -0.15) is 10.5 Å². The minimum Gasteiger partial charge on any atom is -0.489 e. The summed E-state index contributed by atoms with van der Waals surface area (Å²) in [5.74, 6) is 1.01. The zero-order valence-electron chi connectivity index (χ0n) is 54.4. The molecule has 95 heavy (non-hydrogen) atoms. The number of morpholine rings is 2. The predicted molar refractivity (Wildman–Crippen MR) is 365 cm³/mol. The molecule has 4 saturated heterocycles. The molecule has 2 amide bonds. The average molecular weight is 1300 g/mol. The van der Waals surface area contributed by atoms with E-state index in [-0.39, 0.29) is 34.9 Å². The van der Waals surface area contributed by atoms with Crippen molar-refractivity contribution < 1.29 is 46.4 Å². The summed E-state index contributed by atoms with van der Waals surface area (Å²) < 4.78 is 64.6. The van der Waals surface area contributed by atoms with Crippen molar-refractivity contribution in [2.24, 2.45) is 0 Å². The number of amides is 2. The first kappa shape index (κ1) is 65.1. The van der Waals surface area contributed by atoms with E-state index in [2.05, 4.69) is 67.2 Å². The van der Waals surface area contributed by atoms with Crippen LogP contribution in [0.25, 0.3) is 66.8 Å². The van der Waals surface area contributed by atoms with E-state index in [4.69, 9.17) is 28.4 Å². The average Bonchev–Trinajstić information content (AvgIpc) is 1.60. The zero-order chi connectivity index (χ0) is 66.4. The first-order valence-electron chi connectivity index (χ1n) is 32.3. The van der Waals surface area contributed by atoms with Gasteiger partial charge in [-0.15, -0.1) is 0 Å². The van der Waals surface area contributed by atoms with Crippen molar-refractivity contribution in [1.82, 2.24) is 28.7 Å². The molecule has 4 aliphatic rings. The highest BCUT2D eigenvalue weighted by Crippen LogP contribution is 2.40. The van der Waals surface area contributed by atoms with Gasteiger partial charge in [0, 0.05) is 118 Å². The van der Waals surface area contributed by atoms with Crippen LogP contribution in [0.3, 0.4) is 0 Å². The van der Waals surface area contributed by atoms with Crippen LogP contribution < -0.4 is 19.3 Å². The number of piperidine rings is 2. The highest BCUT2D eigenvalue weighted by Gasteiger charge is 2.32. The molecular formula is C74H78N10O10S. The number of H-pyrrole nitrogens is 1. The number of carbonyl (C=O) groups excluding carboxylic acids is 2. The number of pyridine rings is 2. The molecule has 0 spiro atoms. The van der Waals surface area contributed by atoms with E-state index in [0.717, 1.165) is 95.2 Å². The Bertz CT molecular complexity index is 4420. The quantitative estimate of drug-likeness (QED) is 0.120. The lowest BCUT2D eigenvalue weighted by Gasteiger charge is -2.33. The van der Waals surface area contributed by atoms with Gasteiger partial charge in [0.25, 0.3) is 10.0 Å². The lowest BCUT2D eigenvalue weighted by Crippen LogP contribution is -2.44. The van der Waals surface area contributed by atoms with Crippen LogP contribution in [0.15, 0.2) is 157 Å². The first-order chi connectivity index (χ1) is 45.8. The van der Waals surface area contributed by atoms with Crippen LogP contribution in [-0.4, -0.2) is 152 Å². The normalized spacial score (nSPS) is 16.0. The highest BCUT2D eigenvalue weighted by molar-refractivity contribution is 7.90. The van der Waals surface area contributed by atoms with Crippen LogP contribution in [0.4, 0.5) is 21.0 Å². The lowest BCUT2D eigenvalue weighted by molar-refractivity contribution is 0.0115. The molecule has 4 fully saturated rings. The van der Waals surface area contributed by atoms with E-state index in [9.17, 15) is 28.5 Å². The third-order valence-corrected chi connectivity index (χ3v) is 18.9. The maximum atomic E-state index is 14.3. The third kappa shape index (κ3) is 15.0. The third-order valence-electron chi connectivity index (χ3n) is 17.2. The molecule has 4 aliphatic heterocycles. The van der Waals surface area contributed by atoms with Gasteiger partial charge >= 0.3 is 12.2 Å². The van der Waals surface area contributed by atoms with Crippen LogP contribution in [0.1, 0.15) is 78.4 Å². The maximum absolute atomic E-state index is 14.3. The van der Waals surface area contributed by atoms with Gasteiger partial charge in [0.15, 0.2) is 5.65 Å². The van der Waals surface area contributed by atoms with E-state index < -0.39 is 21.2 Å². The van der Waals surface area contributed by atoms with Crippen molar-refractivity contribution in [2.75, 3.05) is 88.6 Å². The number of fused-ring (bicyclic) bond motifs is 2. The number of nitriles is 2. The fourth-order valence-corrected chi connectivity index (χ4v) is 13.8. The summed E-state index contributed by atoms with van der Waals surface area (Å²) in [4.78, 5) is 45.7. The van der Waals surface area contributed by atoms with Crippen LogP contribution >= 0.6 is 0 Å². The molecule has 21 heteroatoms. The van der Waals surface area contributed by atoms with Crippen molar-refractivity contribution in [3.63, 3.8) is 0 Å². The fraction of sp³-hybridized carbons (Fsp3) is 0.351. The number of anilines is 2. The molecule has 0 unspecified atom stereocenters. The van der Waals surface area contributed by atoms with Crippen molar-refractivity contribution in [3.8, 4) is 68.4 Å². The summed E-state index contributed by atoms with van der Waals surface area (Å²) in [6.07, 6.45) is 5.07. The van der Waals surface area contributed by atoms with Crippen LogP contribution in [-0.2, 0) is 29.0 Å². The molecule has 1 N–H and O–H groups in total. The van der Waals surface area contributed by atoms with Crippen molar-refractivity contribution in [2.45, 2.75) is 95.5 Å². The summed E-state index contributed by atoms with van der Waals surface area (Å²) in [6, 6.07) is 48.3. The van der Waals surface area contributed by atoms with Crippen LogP contribution in [0.5, 0.6) is 11.5 Å². The molecule has 490 valence electrons. The number of carbonyl (C=O) groups is 2. The topological polar surface area (TPSA) is 231 Å². The van der Waals surface area contributed by atoms with E-state index >= 15 is 0 Å². The first-order valence-corrected chi connectivity index (χ1v) is 33.8. The number of benzene rings is 5. The van der Waals surface area contributed by atoms with Gasteiger partial charge in [0.1, 0.15) is 52.7 Å².